The molecule has 1 heterocycles. The Morgan fingerprint density at radius 2 is 2.00 bits per heavy atom. The Morgan fingerprint density at radius 3 is 2.71 bits per heavy atom. The number of hydrogen-bond donors (Lipinski definition) is 1. The lowest BCUT2D eigenvalue weighted by molar-refractivity contribution is -0.130. The lowest BCUT2D eigenvalue weighted by Gasteiger charge is -2.21. The van der Waals surface area contributed by atoms with Gasteiger partial charge in [0.15, 0.2) is 0 Å². The van der Waals surface area contributed by atoms with E-state index in [2.05, 4.69) is 17.3 Å². The first-order valence-electron chi connectivity index (χ1n) is 7.55. The lowest BCUT2D eigenvalue weighted by Crippen LogP contribution is -2.36. The summed E-state index contributed by atoms with van der Waals surface area (Å²) >= 11 is 0. The van der Waals surface area contributed by atoms with Crippen LogP contribution in [0.15, 0.2) is 42.7 Å². The summed E-state index contributed by atoms with van der Waals surface area (Å²) in [4.78, 5) is 12.3. The molecule has 1 fully saturated rings. The summed E-state index contributed by atoms with van der Waals surface area (Å²) in [5.41, 5.74) is 1.88. The maximum atomic E-state index is 12.3. The molecule has 4 nitrogen and oxygen atoms in total. The molecule has 0 unspecified atom stereocenters. The largest absolute Gasteiger partial charge is 0.351 e. The second-order valence-corrected chi connectivity index (χ2v) is 6.08. The van der Waals surface area contributed by atoms with Gasteiger partial charge in [0, 0.05) is 23.7 Å². The van der Waals surface area contributed by atoms with Crippen LogP contribution in [0.5, 0.6) is 0 Å². The molecule has 0 radical (unpaired) electrons. The smallest absolute Gasteiger partial charge is 0.226 e. The number of nitrogens with zero attached hydrogens (tertiary/aromatic N) is 2. The van der Waals surface area contributed by atoms with Gasteiger partial charge in [-0.25, -0.2) is 4.68 Å². The number of carbonyl (C=O) groups excluding carboxylic acids is 1. The van der Waals surface area contributed by atoms with E-state index < -0.39 is 0 Å². The fourth-order valence-corrected chi connectivity index (χ4v) is 2.95. The number of para-hydroxylation sites is 1. The second-order valence-electron chi connectivity index (χ2n) is 6.08. The van der Waals surface area contributed by atoms with Crippen LogP contribution < -0.4 is 5.32 Å². The molecule has 0 aliphatic heterocycles. The zero-order chi connectivity index (χ0) is 14.7. The minimum atomic E-state index is -0.171. The third kappa shape index (κ3) is 2.99. The van der Waals surface area contributed by atoms with Crippen LogP contribution in [0.3, 0.4) is 0 Å². The summed E-state index contributed by atoms with van der Waals surface area (Å²) in [7, 11) is 0. The molecule has 1 N–H and O–H groups in total. The Morgan fingerprint density at radius 1 is 1.29 bits per heavy atom. The first kappa shape index (κ1) is 13.9. The van der Waals surface area contributed by atoms with Crippen LogP contribution >= 0.6 is 0 Å². The first-order valence-corrected chi connectivity index (χ1v) is 7.55. The number of aromatic nitrogens is 2. The van der Waals surface area contributed by atoms with E-state index in [4.69, 9.17) is 0 Å². The monoisotopic (exact) mass is 283 g/mol. The summed E-state index contributed by atoms with van der Waals surface area (Å²) < 4.78 is 1.83. The van der Waals surface area contributed by atoms with Crippen LogP contribution in [0.1, 0.15) is 38.2 Å². The highest BCUT2D eigenvalue weighted by atomic mass is 16.2. The van der Waals surface area contributed by atoms with Crippen molar-refractivity contribution in [3.63, 3.8) is 0 Å². The topological polar surface area (TPSA) is 46.9 Å². The Balaban J connectivity index is 1.62. The van der Waals surface area contributed by atoms with Crippen molar-refractivity contribution in [3.05, 3.63) is 48.3 Å². The van der Waals surface area contributed by atoms with Crippen LogP contribution in [0.2, 0.25) is 0 Å². The van der Waals surface area contributed by atoms with Gasteiger partial charge in [-0.2, -0.15) is 5.10 Å². The molecule has 1 saturated carbocycles. The fraction of sp³-hybridized carbons (Fsp3) is 0.412. The van der Waals surface area contributed by atoms with Gasteiger partial charge in [0.25, 0.3) is 0 Å². The molecule has 2 aromatic rings. The average molecular weight is 283 g/mol. The molecule has 1 aliphatic carbocycles. The van der Waals surface area contributed by atoms with Crippen molar-refractivity contribution in [2.24, 2.45) is 5.41 Å². The van der Waals surface area contributed by atoms with E-state index in [9.17, 15) is 4.79 Å². The molecular weight excluding hydrogens is 262 g/mol. The zero-order valence-electron chi connectivity index (χ0n) is 12.4. The van der Waals surface area contributed by atoms with E-state index in [1.165, 1.54) is 0 Å². The van der Waals surface area contributed by atoms with Crippen molar-refractivity contribution >= 4 is 5.91 Å². The zero-order valence-corrected chi connectivity index (χ0v) is 12.4. The Bertz CT molecular complexity index is 612. The molecule has 0 atom stereocenters. The molecule has 0 bridgehead atoms. The van der Waals surface area contributed by atoms with E-state index in [1.54, 1.807) is 0 Å². The number of nitrogens with one attached hydrogen (secondary N) is 1. The van der Waals surface area contributed by atoms with Crippen LogP contribution in [-0.2, 0) is 11.3 Å². The van der Waals surface area contributed by atoms with Crippen molar-refractivity contribution in [1.29, 1.82) is 0 Å². The maximum Gasteiger partial charge on any atom is 0.226 e. The molecule has 0 spiro atoms. The van der Waals surface area contributed by atoms with Gasteiger partial charge in [0.1, 0.15) is 0 Å². The predicted octanol–water partition coefficient (Wildman–Crippen LogP) is 3.07. The maximum absolute atomic E-state index is 12.3. The second kappa shape index (κ2) is 5.72. The third-order valence-electron chi connectivity index (χ3n) is 4.37. The quantitative estimate of drug-likeness (QED) is 0.937. The van der Waals surface area contributed by atoms with Crippen LogP contribution in [0, 0.1) is 5.41 Å². The Kier molecular flexibility index (Phi) is 3.78. The van der Waals surface area contributed by atoms with Crippen molar-refractivity contribution in [2.75, 3.05) is 0 Å². The Labute approximate surface area is 125 Å². The highest BCUT2D eigenvalue weighted by molar-refractivity contribution is 5.82. The van der Waals surface area contributed by atoms with Gasteiger partial charge in [-0.3, -0.25) is 4.79 Å². The van der Waals surface area contributed by atoms with Crippen LogP contribution in [0.4, 0.5) is 0 Å². The predicted molar refractivity (Wildman–Crippen MR) is 82.0 cm³/mol. The van der Waals surface area contributed by atoms with Crippen LogP contribution in [-0.4, -0.2) is 15.7 Å². The molecule has 1 aromatic heterocycles. The van der Waals surface area contributed by atoms with Crippen molar-refractivity contribution in [3.8, 4) is 5.69 Å². The van der Waals surface area contributed by atoms with Gasteiger partial charge >= 0.3 is 0 Å². The van der Waals surface area contributed by atoms with E-state index in [1.807, 2.05) is 47.4 Å². The Hall–Kier alpha value is -2.10. The van der Waals surface area contributed by atoms with Gasteiger partial charge in [0.05, 0.1) is 11.9 Å². The molecule has 4 heteroatoms. The van der Waals surface area contributed by atoms with Crippen molar-refractivity contribution < 1.29 is 4.79 Å². The van der Waals surface area contributed by atoms with E-state index in [0.717, 1.165) is 36.9 Å². The first-order chi connectivity index (χ1) is 10.2. The molecule has 21 heavy (non-hydrogen) atoms. The summed E-state index contributed by atoms with van der Waals surface area (Å²) in [6.45, 7) is 2.62. The molecule has 110 valence electrons. The van der Waals surface area contributed by atoms with E-state index >= 15 is 0 Å². The third-order valence-corrected chi connectivity index (χ3v) is 4.37. The summed E-state index contributed by atoms with van der Waals surface area (Å²) in [5.74, 6) is 0.174. The molecule has 1 aliphatic rings. The van der Waals surface area contributed by atoms with Gasteiger partial charge in [-0.15, -0.1) is 0 Å². The highest BCUT2D eigenvalue weighted by Gasteiger charge is 2.35. The lowest BCUT2D eigenvalue weighted by atomic mass is 9.88. The molecule has 0 saturated heterocycles. The van der Waals surface area contributed by atoms with Crippen LogP contribution in [0.25, 0.3) is 5.69 Å². The number of benzene rings is 1. The summed E-state index contributed by atoms with van der Waals surface area (Å²) in [6, 6.07) is 9.97. The fourth-order valence-electron chi connectivity index (χ4n) is 2.95. The number of hydrogen-bond acceptors (Lipinski definition) is 2. The summed E-state index contributed by atoms with van der Waals surface area (Å²) in [6.07, 6.45) is 8.10. The van der Waals surface area contributed by atoms with E-state index in [0.29, 0.717) is 6.54 Å². The van der Waals surface area contributed by atoms with Crippen molar-refractivity contribution in [1.82, 2.24) is 15.1 Å². The number of rotatable bonds is 4. The minimum absolute atomic E-state index is 0.171. The van der Waals surface area contributed by atoms with Gasteiger partial charge in [0.2, 0.25) is 5.91 Å². The SMILES string of the molecule is CC1(C(=O)NCc2cnn(-c3ccccc3)c2)CCCC1. The average Bonchev–Trinajstić information content (AvgIpc) is 3.15. The molecule has 1 aromatic carbocycles. The molecular formula is C17H21N3O. The van der Waals surface area contributed by atoms with Crippen molar-refractivity contribution in [2.45, 2.75) is 39.2 Å². The minimum Gasteiger partial charge on any atom is -0.351 e. The van der Waals surface area contributed by atoms with E-state index in [-0.39, 0.29) is 11.3 Å². The molecule has 3 rings (SSSR count). The van der Waals surface area contributed by atoms with Gasteiger partial charge < -0.3 is 5.32 Å². The summed E-state index contributed by atoms with van der Waals surface area (Å²) in [5, 5.41) is 7.40. The number of amides is 1. The van der Waals surface area contributed by atoms with Gasteiger partial charge in [-0.05, 0) is 25.0 Å². The van der Waals surface area contributed by atoms with Gasteiger partial charge in [-0.1, -0.05) is 38.0 Å². The highest BCUT2D eigenvalue weighted by Crippen LogP contribution is 2.37. The number of carbonyl (C=O) groups is 1. The normalized spacial score (nSPS) is 16.8. The standard InChI is InChI=1S/C17H21N3O/c1-17(9-5-6-10-17)16(21)18-11-14-12-19-20(13-14)15-7-3-2-4-8-15/h2-4,7-8,12-13H,5-6,9-11H2,1H3,(H,18,21). The molecule has 1 amide bonds.